The molecule has 0 saturated heterocycles. The third-order valence-electron chi connectivity index (χ3n) is 13.7. The van der Waals surface area contributed by atoms with E-state index in [4.69, 9.17) is 4.74 Å². The highest BCUT2D eigenvalue weighted by Gasteiger charge is 2.72. The first-order valence-electron chi connectivity index (χ1n) is 14.7. The minimum atomic E-state index is -0.627. The normalized spacial score (nSPS) is 51.3. The predicted molar refractivity (Wildman–Crippen MR) is 141 cm³/mol. The fourth-order valence-electron chi connectivity index (χ4n) is 11.6. The molecule has 4 nitrogen and oxygen atoms in total. The first kappa shape index (κ1) is 26.4. The second-order valence-electron chi connectivity index (χ2n) is 15.8. The van der Waals surface area contributed by atoms with Crippen molar-refractivity contribution in [3.8, 4) is 0 Å². The molecule has 0 aromatic heterocycles. The highest BCUT2D eigenvalue weighted by atomic mass is 16.5. The third-order valence-corrected chi connectivity index (χ3v) is 13.7. The summed E-state index contributed by atoms with van der Waals surface area (Å²) in [6.45, 7) is 20.0. The zero-order chi connectivity index (χ0) is 26.7. The van der Waals surface area contributed by atoms with Crippen LogP contribution in [0.25, 0.3) is 0 Å². The molecule has 0 spiro atoms. The second kappa shape index (κ2) is 7.69. The lowest BCUT2D eigenvalue weighted by molar-refractivity contribution is -0.250. The van der Waals surface area contributed by atoms with Crippen molar-refractivity contribution in [3.63, 3.8) is 0 Å². The van der Waals surface area contributed by atoms with E-state index in [-0.39, 0.29) is 44.7 Å². The lowest BCUT2D eigenvalue weighted by Crippen LogP contribution is -2.69. The van der Waals surface area contributed by atoms with Crippen LogP contribution in [0.1, 0.15) is 120 Å². The quantitative estimate of drug-likeness (QED) is 0.359. The van der Waals surface area contributed by atoms with E-state index >= 15 is 0 Å². The van der Waals surface area contributed by atoms with E-state index in [1.165, 1.54) is 13.3 Å². The summed E-state index contributed by atoms with van der Waals surface area (Å²) in [6, 6.07) is 0. The van der Waals surface area contributed by atoms with Crippen LogP contribution >= 0.6 is 0 Å². The van der Waals surface area contributed by atoms with Crippen molar-refractivity contribution in [3.05, 3.63) is 0 Å². The van der Waals surface area contributed by atoms with E-state index in [2.05, 4.69) is 55.4 Å². The topological polar surface area (TPSA) is 60.4 Å². The van der Waals surface area contributed by atoms with Crippen molar-refractivity contribution >= 4 is 17.5 Å². The summed E-state index contributed by atoms with van der Waals surface area (Å²) in [6.07, 6.45) is 8.89. The van der Waals surface area contributed by atoms with Crippen molar-refractivity contribution in [2.45, 2.75) is 126 Å². The van der Waals surface area contributed by atoms with E-state index in [0.29, 0.717) is 30.0 Å². The van der Waals surface area contributed by atoms with Crippen LogP contribution in [0.4, 0.5) is 0 Å². The van der Waals surface area contributed by atoms with E-state index in [0.717, 1.165) is 44.9 Å². The third kappa shape index (κ3) is 3.14. The highest BCUT2D eigenvalue weighted by molar-refractivity contribution is 5.91. The molecule has 5 saturated carbocycles. The molecule has 202 valence electrons. The molecule has 0 unspecified atom stereocenters. The molecule has 0 heterocycles. The van der Waals surface area contributed by atoms with Gasteiger partial charge in [0.25, 0.3) is 0 Å². The second-order valence-corrected chi connectivity index (χ2v) is 15.8. The zero-order valence-electron chi connectivity index (χ0n) is 24.4. The largest absolute Gasteiger partial charge is 0.455 e. The van der Waals surface area contributed by atoms with Crippen molar-refractivity contribution in [2.75, 3.05) is 0 Å². The van der Waals surface area contributed by atoms with E-state index < -0.39 is 11.5 Å². The smallest absolute Gasteiger partial charge is 0.303 e. The lowest BCUT2D eigenvalue weighted by Gasteiger charge is -2.73. The molecule has 0 aromatic rings. The van der Waals surface area contributed by atoms with Gasteiger partial charge in [0.1, 0.15) is 5.78 Å². The van der Waals surface area contributed by atoms with Gasteiger partial charge in [-0.3, -0.25) is 14.4 Å². The molecule has 4 heteroatoms. The molecule has 5 rings (SSSR count). The minimum absolute atomic E-state index is 0.0410. The molecule has 0 amide bonds. The maximum absolute atomic E-state index is 13.6. The van der Waals surface area contributed by atoms with Crippen molar-refractivity contribution < 1.29 is 19.1 Å². The average Bonchev–Trinajstić information content (AvgIpc) is 2.75. The van der Waals surface area contributed by atoms with E-state index in [1.807, 2.05) is 0 Å². The molecule has 5 aliphatic carbocycles. The SMILES string of the molecule is CC(=O)O[C@@H]1C[C@@]2(C)[C@@H](CC[C@@]3(C)[C@H]2CC[C@H]2[C@]4(C)CCC(C)(C)C(=O)[C@H]4CC[C@@]23C)C(C)(C)C1=O. The van der Waals surface area contributed by atoms with Crippen molar-refractivity contribution in [2.24, 2.45) is 56.2 Å². The fourth-order valence-corrected chi connectivity index (χ4v) is 11.6. The summed E-state index contributed by atoms with van der Waals surface area (Å²) in [7, 11) is 0. The Morgan fingerprint density at radius 3 is 1.83 bits per heavy atom. The van der Waals surface area contributed by atoms with Crippen LogP contribution in [0.5, 0.6) is 0 Å². The summed E-state index contributed by atoms with van der Waals surface area (Å²) < 4.78 is 5.69. The maximum atomic E-state index is 13.6. The molecule has 0 radical (unpaired) electrons. The van der Waals surface area contributed by atoms with Crippen LogP contribution in [-0.4, -0.2) is 23.6 Å². The summed E-state index contributed by atoms with van der Waals surface area (Å²) in [5.74, 6) is 1.84. The van der Waals surface area contributed by atoms with Crippen LogP contribution in [0.15, 0.2) is 0 Å². The monoisotopic (exact) mass is 498 g/mol. The number of rotatable bonds is 1. The van der Waals surface area contributed by atoms with Crippen LogP contribution < -0.4 is 0 Å². The van der Waals surface area contributed by atoms with E-state index in [9.17, 15) is 14.4 Å². The Bertz CT molecular complexity index is 994. The summed E-state index contributed by atoms with van der Waals surface area (Å²) >= 11 is 0. The van der Waals surface area contributed by atoms with Gasteiger partial charge in [0.05, 0.1) is 0 Å². The molecular weight excluding hydrogens is 448 g/mol. The number of esters is 1. The van der Waals surface area contributed by atoms with Gasteiger partial charge < -0.3 is 4.74 Å². The standard InChI is InChI=1S/C32H50O4/c1-19(33)36-21-18-30(7)22(28(4,5)26(21)35)13-15-32(9)24(30)11-10-23-29(6)17-16-27(2,3)25(34)20(29)12-14-31(23,32)8/h20-24H,10-18H2,1-9H3/t20-,21-,22+,23+,24+,29-,30+,31+,32+/m1/s1. The van der Waals surface area contributed by atoms with Gasteiger partial charge in [-0.05, 0) is 97.2 Å². The Hall–Kier alpha value is -1.19. The van der Waals surface area contributed by atoms with Crippen molar-refractivity contribution in [1.82, 2.24) is 0 Å². The number of hydrogen-bond donors (Lipinski definition) is 0. The molecule has 0 aromatic carbocycles. The Kier molecular flexibility index (Phi) is 5.64. The van der Waals surface area contributed by atoms with Gasteiger partial charge in [-0.25, -0.2) is 0 Å². The number of hydrogen-bond acceptors (Lipinski definition) is 4. The summed E-state index contributed by atoms with van der Waals surface area (Å²) in [5.41, 5.74) is -0.288. The minimum Gasteiger partial charge on any atom is -0.455 e. The van der Waals surface area contributed by atoms with Gasteiger partial charge >= 0.3 is 5.97 Å². The first-order chi connectivity index (χ1) is 16.4. The van der Waals surface area contributed by atoms with Crippen LogP contribution in [0.3, 0.4) is 0 Å². The Morgan fingerprint density at radius 1 is 0.694 bits per heavy atom. The number of Topliss-reactive ketones (excluding diaryl/α,β-unsaturated/α-hetero) is 2. The Labute approximate surface area is 219 Å². The first-order valence-corrected chi connectivity index (χ1v) is 14.7. The molecular formula is C32H50O4. The van der Waals surface area contributed by atoms with Crippen LogP contribution in [-0.2, 0) is 19.1 Å². The summed E-state index contributed by atoms with van der Waals surface area (Å²) in [4.78, 5) is 39.1. The summed E-state index contributed by atoms with van der Waals surface area (Å²) in [5, 5.41) is 0. The molecule has 0 bridgehead atoms. The molecule has 0 N–H and O–H groups in total. The van der Waals surface area contributed by atoms with Crippen LogP contribution in [0.2, 0.25) is 0 Å². The van der Waals surface area contributed by atoms with Gasteiger partial charge in [0.2, 0.25) is 0 Å². The predicted octanol–water partition coefficient (Wildman–Crippen LogP) is 7.18. The molecule has 9 atom stereocenters. The van der Waals surface area contributed by atoms with Gasteiger partial charge in [0.15, 0.2) is 11.9 Å². The van der Waals surface area contributed by atoms with Gasteiger partial charge in [-0.2, -0.15) is 0 Å². The van der Waals surface area contributed by atoms with Gasteiger partial charge in [0, 0.05) is 23.7 Å². The fraction of sp³-hybridized carbons (Fsp3) is 0.906. The van der Waals surface area contributed by atoms with Crippen LogP contribution in [0, 0.1) is 56.2 Å². The number of fused-ring (bicyclic) bond motifs is 7. The number of ether oxygens (including phenoxy) is 1. The number of carbonyl (C=O) groups excluding carboxylic acids is 3. The zero-order valence-corrected chi connectivity index (χ0v) is 24.4. The molecule has 36 heavy (non-hydrogen) atoms. The maximum Gasteiger partial charge on any atom is 0.303 e. The number of ketones is 2. The molecule has 5 aliphatic rings. The van der Waals surface area contributed by atoms with Gasteiger partial charge in [-0.15, -0.1) is 0 Å². The Morgan fingerprint density at radius 2 is 1.25 bits per heavy atom. The van der Waals surface area contributed by atoms with Crippen molar-refractivity contribution in [1.29, 1.82) is 0 Å². The van der Waals surface area contributed by atoms with E-state index in [1.54, 1.807) is 0 Å². The Balaban J connectivity index is 1.54. The van der Waals surface area contributed by atoms with Gasteiger partial charge in [-0.1, -0.05) is 55.4 Å². The lowest BCUT2D eigenvalue weighted by atomic mass is 9.30. The average molecular weight is 499 g/mol. The molecule has 5 fully saturated rings. The highest BCUT2D eigenvalue weighted by Crippen LogP contribution is 2.77. The molecule has 0 aliphatic heterocycles. The number of carbonyl (C=O) groups is 3.